The smallest absolute Gasteiger partial charge is 0.193 e. The Morgan fingerprint density at radius 3 is 2.76 bits per heavy atom. The summed E-state index contributed by atoms with van der Waals surface area (Å²) in [4.78, 5) is 9.44. The van der Waals surface area contributed by atoms with Crippen molar-refractivity contribution in [2.24, 2.45) is 4.99 Å². The highest BCUT2D eigenvalue weighted by Gasteiger charge is 2.24. The molecule has 2 aliphatic heterocycles. The second-order valence-corrected chi connectivity index (χ2v) is 8.20. The van der Waals surface area contributed by atoms with E-state index in [4.69, 9.17) is 18.9 Å². The zero-order valence-electron chi connectivity index (χ0n) is 18.3. The van der Waals surface area contributed by atoms with Gasteiger partial charge < -0.3 is 24.1 Å². The lowest BCUT2D eigenvalue weighted by Crippen LogP contribution is -2.47. The molecule has 29 heavy (non-hydrogen) atoms. The number of likely N-dealkylation sites (N-methyl/N-ethyl adjacent to an activating group) is 1. The molecule has 0 aromatic carbocycles. The minimum absolute atomic E-state index is 0.134. The normalized spacial score (nSPS) is 22.8. The van der Waals surface area contributed by atoms with E-state index in [0.717, 1.165) is 63.8 Å². The van der Waals surface area contributed by atoms with Crippen LogP contribution < -0.4 is 5.32 Å². The highest BCUT2D eigenvalue weighted by molar-refractivity contribution is 5.80. The summed E-state index contributed by atoms with van der Waals surface area (Å²) in [5.74, 6) is 1.94. The first-order valence-electron chi connectivity index (χ1n) is 11.1. The van der Waals surface area contributed by atoms with Crippen LogP contribution in [0.4, 0.5) is 0 Å². The van der Waals surface area contributed by atoms with Gasteiger partial charge in [0.05, 0.1) is 37.7 Å². The van der Waals surface area contributed by atoms with E-state index in [0.29, 0.717) is 18.8 Å². The van der Waals surface area contributed by atoms with Crippen LogP contribution in [0, 0.1) is 0 Å². The lowest BCUT2D eigenvalue weighted by atomic mass is 10.1. The number of piperidine rings is 1. The molecule has 2 saturated heterocycles. The molecule has 0 amide bonds. The summed E-state index contributed by atoms with van der Waals surface area (Å²) in [7, 11) is 4.13. The number of guanidine groups is 1. The number of aliphatic imine (C=N–C) groups is 1. The average Bonchev–Trinajstić information content (AvgIpc) is 3.27. The molecule has 3 rings (SSSR count). The van der Waals surface area contributed by atoms with Gasteiger partial charge in [0, 0.05) is 26.2 Å². The largest absolute Gasteiger partial charge is 0.468 e. The molecule has 0 saturated carbocycles. The van der Waals surface area contributed by atoms with E-state index in [1.165, 1.54) is 12.8 Å². The molecule has 164 valence electrons. The Morgan fingerprint density at radius 2 is 2.14 bits per heavy atom. The highest BCUT2D eigenvalue weighted by Crippen LogP contribution is 2.20. The summed E-state index contributed by atoms with van der Waals surface area (Å²) in [6, 6.07) is 4.09. The number of hydrogen-bond donors (Lipinski definition) is 1. The fraction of sp³-hybridized carbons (Fsp3) is 0.773. The summed E-state index contributed by atoms with van der Waals surface area (Å²) in [5, 5.41) is 3.46. The molecular weight excluding hydrogens is 368 g/mol. The molecule has 1 aromatic rings. The van der Waals surface area contributed by atoms with E-state index in [2.05, 4.69) is 36.1 Å². The number of hydrogen-bond acceptors (Lipinski definition) is 5. The molecule has 1 N–H and O–H groups in total. The van der Waals surface area contributed by atoms with Crippen LogP contribution in [0.1, 0.15) is 50.8 Å². The molecule has 2 fully saturated rings. The first-order valence-corrected chi connectivity index (χ1v) is 11.1. The fourth-order valence-corrected chi connectivity index (χ4v) is 4.00. The van der Waals surface area contributed by atoms with Gasteiger partial charge in [-0.05, 0) is 65.3 Å². The second kappa shape index (κ2) is 11.6. The van der Waals surface area contributed by atoms with Crippen molar-refractivity contribution < 1.29 is 13.9 Å². The Kier molecular flexibility index (Phi) is 8.83. The average molecular weight is 407 g/mol. The van der Waals surface area contributed by atoms with Crippen LogP contribution in [0.2, 0.25) is 0 Å². The Hall–Kier alpha value is -1.57. The molecule has 7 nitrogen and oxygen atoms in total. The highest BCUT2D eigenvalue weighted by atomic mass is 16.5. The van der Waals surface area contributed by atoms with Crippen molar-refractivity contribution >= 4 is 5.96 Å². The number of nitrogens with zero attached hydrogens (tertiary/aromatic N) is 3. The summed E-state index contributed by atoms with van der Waals surface area (Å²) in [6.07, 6.45) is 8.01. The lowest BCUT2D eigenvalue weighted by molar-refractivity contribution is -0.0721. The SMILES string of the molecule is CCNC(=NCC(c1ccco1)N(C)C)N1CCC(OCC2CCCCO2)CC1. The predicted octanol–water partition coefficient (Wildman–Crippen LogP) is 2.90. The molecule has 0 radical (unpaired) electrons. The molecule has 0 bridgehead atoms. The van der Waals surface area contributed by atoms with E-state index in [-0.39, 0.29) is 6.04 Å². The minimum Gasteiger partial charge on any atom is -0.468 e. The molecule has 2 atom stereocenters. The fourth-order valence-electron chi connectivity index (χ4n) is 4.00. The van der Waals surface area contributed by atoms with Crippen LogP contribution in [0.25, 0.3) is 0 Å². The van der Waals surface area contributed by atoms with Crippen molar-refractivity contribution in [1.29, 1.82) is 0 Å². The van der Waals surface area contributed by atoms with E-state index in [9.17, 15) is 0 Å². The standard InChI is InChI=1S/C22H38N4O3/c1-4-23-22(24-16-20(25(2)3)21-9-7-15-28-21)26-12-10-18(11-13-26)29-17-19-8-5-6-14-27-19/h7,9,15,18-20H,4-6,8,10-14,16-17H2,1-3H3,(H,23,24). The predicted molar refractivity (Wildman–Crippen MR) is 115 cm³/mol. The maximum atomic E-state index is 6.16. The van der Waals surface area contributed by atoms with Crippen molar-refractivity contribution in [3.63, 3.8) is 0 Å². The van der Waals surface area contributed by atoms with Crippen LogP contribution in [0.3, 0.4) is 0 Å². The van der Waals surface area contributed by atoms with Gasteiger partial charge in [0.2, 0.25) is 0 Å². The molecule has 1 aromatic heterocycles. The number of nitrogens with one attached hydrogen (secondary N) is 1. The molecule has 3 heterocycles. The monoisotopic (exact) mass is 406 g/mol. The van der Waals surface area contributed by atoms with Gasteiger partial charge in [-0.2, -0.15) is 0 Å². The van der Waals surface area contributed by atoms with Gasteiger partial charge in [-0.15, -0.1) is 0 Å². The third kappa shape index (κ3) is 6.73. The topological polar surface area (TPSA) is 62.5 Å². The molecule has 0 spiro atoms. The van der Waals surface area contributed by atoms with Gasteiger partial charge in [0.25, 0.3) is 0 Å². The first-order chi connectivity index (χ1) is 14.2. The van der Waals surface area contributed by atoms with Crippen molar-refractivity contribution in [1.82, 2.24) is 15.1 Å². The second-order valence-electron chi connectivity index (χ2n) is 8.20. The van der Waals surface area contributed by atoms with Crippen LogP contribution in [-0.4, -0.2) is 81.5 Å². The van der Waals surface area contributed by atoms with Crippen LogP contribution in [0.15, 0.2) is 27.8 Å². The van der Waals surface area contributed by atoms with Gasteiger partial charge in [-0.25, -0.2) is 0 Å². The van der Waals surface area contributed by atoms with Gasteiger partial charge in [-0.3, -0.25) is 9.89 Å². The van der Waals surface area contributed by atoms with Gasteiger partial charge in [0.15, 0.2) is 5.96 Å². The zero-order chi connectivity index (χ0) is 20.5. The maximum absolute atomic E-state index is 6.16. The summed E-state index contributed by atoms with van der Waals surface area (Å²) in [5.41, 5.74) is 0. The molecule has 7 heteroatoms. The Labute approximate surface area is 175 Å². The summed E-state index contributed by atoms with van der Waals surface area (Å²) < 4.78 is 17.6. The molecule has 0 aliphatic carbocycles. The quantitative estimate of drug-likeness (QED) is 0.529. The number of rotatable bonds is 8. The first kappa shape index (κ1) is 22.1. The Bertz CT molecular complexity index is 591. The maximum Gasteiger partial charge on any atom is 0.193 e. The third-order valence-corrected chi connectivity index (χ3v) is 5.78. The number of likely N-dealkylation sites (tertiary alicyclic amines) is 1. The summed E-state index contributed by atoms with van der Waals surface area (Å²) in [6.45, 7) is 7.21. The number of ether oxygens (including phenoxy) is 2. The number of furan rings is 1. The minimum atomic E-state index is 0.134. The van der Waals surface area contributed by atoms with Crippen molar-refractivity contribution in [3.05, 3.63) is 24.2 Å². The van der Waals surface area contributed by atoms with E-state index < -0.39 is 0 Å². The third-order valence-electron chi connectivity index (χ3n) is 5.78. The Balaban J connectivity index is 1.49. The zero-order valence-corrected chi connectivity index (χ0v) is 18.3. The molecule has 2 aliphatic rings. The lowest BCUT2D eigenvalue weighted by Gasteiger charge is -2.35. The van der Waals surface area contributed by atoms with E-state index in [1.807, 2.05) is 12.1 Å². The molecular formula is C22H38N4O3. The van der Waals surface area contributed by atoms with Crippen LogP contribution in [0.5, 0.6) is 0 Å². The van der Waals surface area contributed by atoms with Crippen LogP contribution >= 0.6 is 0 Å². The van der Waals surface area contributed by atoms with Gasteiger partial charge >= 0.3 is 0 Å². The van der Waals surface area contributed by atoms with Crippen LogP contribution in [-0.2, 0) is 9.47 Å². The Morgan fingerprint density at radius 1 is 1.31 bits per heavy atom. The van der Waals surface area contributed by atoms with Gasteiger partial charge in [-0.1, -0.05) is 0 Å². The van der Waals surface area contributed by atoms with Crippen molar-refractivity contribution in [2.75, 3.05) is 53.5 Å². The van der Waals surface area contributed by atoms with Gasteiger partial charge in [0.1, 0.15) is 5.76 Å². The molecule has 2 unspecified atom stereocenters. The summed E-state index contributed by atoms with van der Waals surface area (Å²) >= 11 is 0. The van der Waals surface area contributed by atoms with Crippen molar-refractivity contribution in [3.8, 4) is 0 Å². The van der Waals surface area contributed by atoms with Crippen molar-refractivity contribution in [2.45, 2.75) is 57.3 Å². The van der Waals surface area contributed by atoms with E-state index >= 15 is 0 Å². The van der Waals surface area contributed by atoms with E-state index in [1.54, 1.807) is 6.26 Å².